The van der Waals surface area contributed by atoms with Gasteiger partial charge < -0.3 is 15.0 Å². The molecule has 5 heteroatoms. The molecule has 0 bridgehead atoms. The lowest BCUT2D eigenvalue weighted by Crippen LogP contribution is -2.48. The minimum atomic E-state index is -0.805. The quantitative estimate of drug-likeness (QED) is 0.906. The van der Waals surface area contributed by atoms with Crippen molar-refractivity contribution in [2.45, 2.75) is 44.2 Å². The summed E-state index contributed by atoms with van der Waals surface area (Å²) in [6.07, 6.45) is 2.97. The smallest absolute Gasteiger partial charge is 0.323 e. The van der Waals surface area contributed by atoms with Gasteiger partial charge in [0, 0.05) is 12.5 Å². The molecule has 1 fully saturated rings. The van der Waals surface area contributed by atoms with Gasteiger partial charge in [0.1, 0.15) is 11.4 Å². The van der Waals surface area contributed by atoms with Crippen LogP contribution in [0.1, 0.15) is 38.1 Å². The zero-order valence-corrected chi connectivity index (χ0v) is 12.5. The van der Waals surface area contributed by atoms with Crippen LogP contribution >= 0.6 is 0 Å². The Kier molecular flexibility index (Phi) is 3.45. The van der Waals surface area contributed by atoms with Crippen LogP contribution in [0.2, 0.25) is 0 Å². The lowest BCUT2D eigenvalue weighted by molar-refractivity contribution is -0.144. The van der Waals surface area contributed by atoms with Crippen LogP contribution in [0.4, 0.5) is 0 Å². The standard InChI is InChI=1S/C16H21N3O2/c1-3-14-18-12-6-4-5-7-13(12)19(14)11-8-9-16(10-11,17-2)15(20)21/h4-7,11,17H,3,8-10H2,1-2H3,(H,20,21). The second-order valence-electron chi connectivity index (χ2n) is 5.77. The summed E-state index contributed by atoms with van der Waals surface area (Å²) in [5, 5.41) is 12.6. The monoisotopic (exact) mass is 287 g/mol. The average Bonchev–Trinajstić information content (AvgIpc) is 3.08. The summed E-state index contributed by atoms with van der Waals surface area (Å²) in [5.74, 6) is 0.286. The number of nitrogens with zero attached hydrogens (tertiary/aromatic N) is 2. The molecular weight excluding hydrogens is 266 g/mol. The molecule has 0 aliphatic heterocycles. The van der Waals surface area contributed by atoms with Gasteiger partial charge in [-0.2, -0.15) is 0 Å². The summed E-state index contributed by atoms with van der Waals surface area (Å²) >= 11 is 0. The maximum atomic E-state index is 11.6. The van der Waals surface area contributed by atoms with Crippen molar-refractivity contribution < 1.29 is 9.90 Å². The van der Waals surface area contributed by atoms with Crippen molar-refractivity contribution in [3.63, 3.8) is 0 Å². The molecule has 2 aromatic rings. The molecule has 0 spiro atoms. The van der Waals surface area contributed by atoms with Crippen molar-refractivity contribution in [3.05, 3.63) is 30.1 Å². The Morgan fingerprint density at radius 1 is 1.52 bits per heavy atom. The van der Waals surface area contributed by atoms with Gasteiger partial charge in [0.15, 0.2) is 0 Å². The third kappa shape index (κ3) is 2.12. The van der Waals surface area contributed by atoms with Crippen LogP contribution < -0.4 is 5.32 Å². The van der Waals surface area contributed by atoms with Crippen LogP contribution in [-0.2, 0) is 11.2 Å². The molecule has 1 aromatic carbocycles. The third-order valence-electron chi connectivity index (χ3n) is 4.73. The maximum absolute atomic E-state index is 11.6. The molecule has 2 atom stereocenters. The molecule has 0 saturated heterocycles. The van der Waals surface area contributed by atoms with Gasteiger partial charge in [-0.15, -0.1) is 0 Å². The summed E-state index contributed by atoms with van der Waals surface area (Å²) in [6.45, 7) is 2.09. The highest BCUT2D eigenvalue weighted by Crippen LogP contribution is 2.40. The van der Waals surface area contributed by atoms with Crippen molar-refractivity contribution in [2.75, 3.05) is 7.05 Å². The van der Waals surface area contributed by atoms with E-state index in [0.29, 0.717) is 12.8 Å². The number of nitrogens with one attached hydrogen (secondary N) is 1. The number of hydrogen-bond acceptors (Lipinski definition) is 3. The molecule has 1 aliphatic carbocycles. The number of aromatic nitrogens is 2. The maximum Gasteiger partial charge on any atom is 0.323 e. The predicted octanol–water partition coefficient (Wildman–Crippen LogP) is 2.37. The fourth-order valence-electron chi connectivity index (χ4n) is 3.52. The van der Waals surface area contributed by atoms with Gasteiger partial charge in [-0.1, -0.05) is 19.1 Å². The predicted molar refractivity (Wildman–Crippen MR) is 81.4 cm³/mol. The number of carbonyl (C=O) groups is 1. The topological polar surface area (TPSA) is 67.2 Å². The van der Waals surface area contributed by atoms with Crippen LogP contribution in [-0.4, -0.2) is 33.2 Å². The van der Waals surface area contributed by atoms with E-state index in [1.165, 1.54) is 0 Å². The van der Waals surface area contributed by atoms with Crippen molar-refractivity contribution in [1.29, 1.82) is 0 Å². The minimum absolute atomic E-state index is 0.191. The van der Waals surface area contributed by atoms with Gasteiger partial charge in [0.25, 0.3) is 0 Å². The lowest BCUT2D eigenvalue weighted by Gasteiger charge is -2.24. The number of carboxylic acids is 1. The van der Waals surface area contributed by atoms with E-state index in [4.69, 9.17) is 0 Å². The Balaban J connectivity index is 2.04. The van der Waals surface area contributed by atoms with Crippen LogP contribution in [0.25, 0.3) is 11.0 Å². The fourth-order valence-corrected chi connectivity index (χ4v) is 3.52. The van der Waals surface area contributed by atoms with Gasteiger partial charge in [0.2, 0.25) is 0 Å². The van der Waals surface area contributed by atoms with Crippen LogP contribution in [0.15, 0.2) is 24.3 Å². The first-order chi connectivity index (χ1) is 10.1. The lowest BCUT2D eigenvalue weighted by atomic mass is 9.98. The Morgan fingerprint density at radius 3 is 2.90 bits per heavy atom. The summed E-state index contributed by atoms with van der Waals surface area (Å²) in [7, 11) is 1.74. The molecule has 2 unspecified atom stereocenters. The van der Waals surface area contributed by atoms with E-state index in [9.17, 15) is 9.90 Å². The van der Waals surface area contributed by atoms with E-state index in [0.717, 1.165) is 29.7 Å². The number of rotatable bonds is 4. The Morgan fingerprint density at radius 2 is 2.29 bits per heavy atom. The van der Waals surface area contributed by atoms with Crippen molar-refractivity contribution in [2.24, 2.45) is 0 Å². The van der Waals surface area contributed by atoms with E-state index in [1.807, 2.05) is 18.2 Å². The second kappa shape index (κ2) is 5.15. The Bertz CT molecular complexity index is 679. The van der Waals surface area contributed by atoms with Gasteiger partial charge in [-0.3, -0.25) is 4.79 Å². The largest absolute Gasteiger partial charge is 0.480 e. The SMILES string of the molecule is CCc1nc2ccccc2n1C1CCC(NC)(C(=O)O)C1. The number of fused-ring (bicyclic) bond motifs is 1. The molecule has 21 heavy (non-hydrogen) atoms. The number of para-hydroxylation sites is 2. The minimum Gasteiger partial charge on any atom is -0.480 e. The van der Waals surface area contributed by atoms with Gasteiger partial charge in [-0.25, -0.2) is 4.98 Å². The molecule has 1 heterocycles. The van der Waals surface area contributed by atoms with Crippen molar-refractivity contribution in [1.82, 2.24) is 14.9 Å². The molecule has 112 valence electrons. The molecule has 1 aromatic heterocycles. The van der Waals surface area contributed by atoms with Crippen LogP contribution in [0.5, 0.6) is 0 Å². The molecule has 0 amide bonds. The van der Waals surface area contributed by atoms with Crippen LogP contribution in [0, 0.1) is 0 Å². The number of likely N-dealkylation sites (N-methyl/N-ethyl adjacent to an activating group) is 1. The van der Waals surface area contributed by atoms with E-state index in [2.05, 4.69) is 27.9 Å². The van der Waals surface area contributed by atoms with Crippen molar-refractivity contribution in [3.8, 4) is 0 Å². The first kappa shape index (κ1) is 14.1. The molecule has 3 rings (SSSR count). The van der Waals surface area contributed by atoms with Gasteiger partial charge in [0.05, 0.1) is 11.0 Å². The number of imidazole rings is 1. The number of benzene rings is 1. The summed E-state index contributed by atoms with van der Waals surface area (Å²) in [6, 6.07) is 8.28. The third-order valence-corrected chi connectivity index (χ3v) is 4.73. The molecule has 5 nitrogen and oxygen atoms in total. The molecule has 1 aliphatic rings. The van der Waals surface area contributed by atoms with E-state index >= 15 is 0 Å². The van der Waals surface area contributed by atoms with E-state index in [1.54, 1.807) is 7.05 Å². The van der Waals surface area contributed by atoms with Gasteiger partial charge >= 0.3 is 5.97 Å². The molecular formula is C16H21N3O2. The van der Waals surface area contributed by atoms with Gasteiger partial charge in [-0.05, 0) is 38.4 Å². The number of aryl methyl sites for hydroxylation is 1. The number of carboxylic acid groups (broad SMARTS) is 1. The summed E-state index contributed by atoms with van der Waals surface area (Å²) in [4.78, 5) is 16.3. The first-order valence-corrected chi connectivity index (χ1v) is 7.49. The Hall–Kier alpha value is -1.88. The zero-order valence-electron chi connectivity index (χ0n) is 12.5. The highest BCUT2D eigenvalue weighted by molar-refractivity contribution is 5.80. The fraction of sp³-hybridized carbons (Fsp3) is 0.500. The highest BCUT2D eigenvalue weighted by Gasteiger charge is 2.45. The zero-order chi connectivity index (χ0) is 15.0. The number of aliphatic carboxylic acids is 1. The summed E-state index contributed by atoms with van der Waals surface area (Å²) < 4.78 is 2.25. The average molecular weight is 287 g/mol. The highest BCUT2D eigenvalue weighted by atomic mass is 16.4. The summed E-state index contributed by atoms with van der Waals surface area (Å²) in [5.41, 5.74) is 1.30. The number of hydrogen-bond donors (Lipinski definition) is 2. The first-order valence-electron chi connectivity index (χ1n) is 7.49. The molecule has 1 saturated carbocycles. The second-order valence-corrected chi connectivity index (χ2v) is 5.77. The van der Waals surface area contributed by atoms with Crippen molar-refractivity contribution >= 4 is 17.0 Å². The molecule has 0 radical (unpaired) electrons. The normalized spacial score (nSPS) is 25.5. The Labute approximate surface area is 124 Å². The van der Waals surface area contributed by atoms with Crippen LogP contribution in [0.3, 0.4) is 0 Å². The van der Waals surface area contributed by atoms with E-state index < -0.39 is 11.5 Å². The van der Waals surface area contributed by atoms with E-state index in [-0.39, 0.29) is 6.04 Å². The molecule has 2 N–H and O–H groups in total.